The SMILES string of the molecule is CNc1nc(C)c(C)nc1-c1ccc2ccccc2c1. The van der Waals surface area contributed by atoms with Crippen LogP contribution in [0.5, 0.6) is 0 Å². The van der Waals surface area contributed by atoms with Crippen LogP contribution in [0.15, 0.2) is 42.5 Å². The Balaban J connectivity index is 2.22. The van der Waals surface area contributed by atoms with Crippen LogP contribution in [0, 0.1) is 13.8 Å². The van der Waals surface area contributed by atoms with E-state index in [2.05, 4.69) is 52.8 Å². The van der Waals surface area contributed by atoms with Gasteiger partial charge in [-0.3, -0.25) is 0 Å². The lowest BCUT2D eigenvalue weighted by Crippen LogP contribution is -2.02. The van der Waals surface area contributed by atoms with Crippen molar-refractivity contribution in [1.29, 1.82) is 0 Å². The van der Waals surface area contributed by atoms with E-state index >= 15 is 0 Å². The number of fused-ring (bicyclic) bond motifs is 1. The predicted octanol–water partition coefficient (Wildman–Crippen LogP) is 3.96. The molecule has 0 spiro atoms. The molecule has 0 saturated carbocycles. The highest BCUT2D eigenvalue weighted by Crippen LogP contribution is 2.28. The number of anilines is 1. The van der Waals surface area contributed by atoms with Crippen molar-refractivity contribution in [2.24, 2.45) is 0 Å². The lowest BCUT2D eigenvalue weighted by atomic mass is 10.0. The normalized spacial score (nSPS) is 10.8. The van der Waals surface area contributed by atoms with Gasteiger partial charge in [0.1, 0.15) is 5.69 Å². The summed E-state index contributed by atoms with van der Waals surface area (Å²) in [6.45, 7) is 3.97. The summed E-state index contributed by atoms with van der Waals surface area (Å²) in [5.41, 5.74) is 3.91. The second-order valence-corrected chi connectivity index (χ2v) is 4.90. The Bertz CT molecular complexity index is 778. The van der Waals surface area contributed by atoms with Crippen LogP contribution < -0.4 is 5.32 Å². The molecule has 100 valence electrons. The Morgan fingerprint density at radius 2 is 1.55 bits per heavy atom. The Morgan fingerprint density at radius 3 is 2.30 bits per heavy atom. The van der Waals surface area contributed by atoms with Crippen molar-refractivity contribution in [3.63, 3.8) is 0 Å². The van der Waals surface area contributed by atoms with Crippen LogP contribution >= 0.6 is 0 Å². The Morgan fingerprint density at radius 1 is 0.850 bits per heavy atom. The third-order valence-corrected chi connectivity index (χ3v) is 3.57. The number of hydrogen-bond acceptors (Lipinski definition) is 3. The van der Waals surface area contributed by atoms with Crippen molar-refractivity contribution in [1.82, 2.24) is 9.97 Å². The van der Waals surface area contributed by atoms with Crippen LogP contribution in [-0.4, -0.2) is 17.0 Å². The molecule has 0 aliphatic rings. The largest absolute Gasteiger partial charge is 0.371 e. The maximum Gasteiger partial charge on any atom is 0.152 e. The van der Waals surface area contributed by atoms with Gasteiger partial charge in [0.05, 0.1) is 11.4 Å². The lowest BCUT2D eigenvalue weighted by Gasteiger charge is -2.11. The predicted molar refractivity (Wildman–Crippen MR) is 84.0 cm³/mol. The molecule has 1 aromatic heterocycles. The molecule has 0 atom stereocenters. The molecule has 0 unspecified atom stereocenters. The van der Waals surface area contributed by atoms with Crippen LogP contribution in [0.1, 0.15) is 11.4 Å². The number of rotatable bonds is 2. The molecule has 0 amide bonds. The minimum Gasteiger partial charge on any atom is -0.371 e. The first-order valence-electron chi connectivity index (χ1n) is 6.71. The van der Waals surface area contributed by atoms with Gasteiger partial charge in [-0.1, -0.05) is 36.4 Å². The van der Waals surface area contributed by atoms with E-state index in [1.807, 2.05) is 20.9 Å². The van der Waals surface area contributed by atoms with Crippen molar-refractivity contribution >= 4 is 16.6 Å². The van der Waals surface area contributed by atoms with Gasteiger partial charge >= 0.3 is 0 Å². The molecule has 0 saturated heterocycles. The molecule has 3 rings (SSSR count). The standard InChI is InChI=1S/C17H17N3/c1-11-12(2)20-17(18-3)16(19-11)15-9-8-13-6-4-5-7-14(13)10-15/h4-10H,1-3H3,(H,18,20). The fraction of sp³-hybridized carbons (Fsp3) is 0.176. The molecule has 1 N–H and O–H groups in total. The van der Waals surface area contributed by atoms with Crippen LogP contribution in [0.25, 0.3) is 22.0 Å². The Labute approximate surface area is 118 Å². The minimum absolute atomic E-state index is 0.823. The van der Waals surface area contributed by atoms with Gasteiger partial charge in [-0.15, -0.1) is 0 Å². The summed E-state index contributed by atoms with van der Waals surface area (Å²) in [5.74, 6) is 0.823. The molecule has 0 radical (unpaired) electrons. The molecular weight excluding hydrogens is 246 g/mol. The Kier molecular flexibility index (Phi) is 3.11. The third kappa shape index (κ3) is 2.11. The number of aryl methyl sites for hydroxylation is 2. The molecule has 20 heavy (non-hydrogen) atoms. The molecule has 0 aliphatic heterocycles. The van der Waals surface area contributed by atoms with E-state index in [9.17, 15) is 0 Å². The summed E-state index contributed by atoms with van der Waals surface area (Å²) in [6.07, 6.45) is 0. The van der Waals surface area contributed by atoms with Gasteiger partial charge in [-0.2, -0.15) is 0 Å². The number of aromatic nitrogens is 2. The zero-order valence-electron chi connectivity index (χ0n) is 11.9. The van der Waals surface area contributed by atoms with Gasteiger partial charge in [0.2, 0.25) is 0 Å². The molecule has 2 aromatic carbocycles. The smallest absolute Gasteiger partial charge is 0.152 e. The van der Waals surface area contributed by atoms with Gasteiger partial charge in [0, 0.05) is 12.6 Å². The van der Waals surface area contributed by atoms with E-state index in [0.717, 1.165) is 28.5 Å². The average molecular weight is 263 g/mol. The van der Waals surface area contributed by atoms with Gasteiger partial charge in [0.15, 0.2) is 5.82 Å². The maximum atomic E-state index is 4.70. The first kappa shape index (κ1) is 12.6. The van der Waals surface area contributed by atoms with Crippen molar-refractivity contribution in [3.05, 3.63) is 53.9 Å². The molecule has 3 aromatic rings. The highest BCUT2D eigenvalue weighted by atomic mass is 15.0. The van der Waals surface area contributed by atoms with Crippen LogP contribution in [-0.2, 0) is 0 Å². The van der Waals surface area contributed by atoms with Gasteiger partial charge in [-0.25, -0.2) is 9.97 Å². The number of nitrogens with zero attached hydrogens (tertiary/aromatic N) is 2. The quantitative estimate of drug-likeness (QED) is 0.760. The number of nitrogens with one attached hydrogen (secondary N) is 1. The van der Waals surface area contributed by atoms with E-state index in [1.165, 1.54) is 10.8 Å². The van der Waals surface area contributed by atoms with Crippen LogP contribution in [0.3, 0.4) is 0 Å². The molecular formula is C17H17N3. The van der Waals surface area contributed by atoms with E-state index in [4.69, 9.17) is 4.98 Å². The van der Waals surface area contributed by atoms with Crippen LogP contribution in [0.4, 0.5) is 5.82 Å². The van der Waals surface area contributed by atoms with Gasteiger partial charge in [-0.05, 0) is 30.7 Å². The second kappa shape index (κ2) is 4.93. The summed E-state index contributed by atoms with van der Waals surface area (Å²) < 4.78 is 0. The summed E-state index contributed by atoms with van der Waals surface area (Å²) in [4.78, 5) is 9.27. The average Bonchev–Trinajstić information content (AvgIpc) is 2.49. The van der Waals surface area contributed by atoms with Crippen LogP contribution in [0.2, 0.25) is 0 Å². The first-order chi connectivity index (χ1) is 9.69. The van der Waals surface area contributed by atoms with Crippen molar-refractivity contribution < 1.29 is 0 Å². The fourth-order valence-corrected chi connectivity index (χ4v) is 2.32. The molecule has 1 heterocycles. The zero-order chi connectivity index (χ0) is 14.1. The molecule has 0 aliphatic carbocycles. The zero-order valence-corrected chi connectivity index (χ0v) is 11.9. The van der Waals surface area contributed by atoms with E-state index < -0.39 is 0 Å². The van der Waals surface area contributed by atoms with Gasteiger partial charge < -0.3 is 5.32 Å². The summed E-state index contributed by atoms with van der Waals surface area (Å²) in [7, 11) is 1.88. The van der Waals surface area contributed by atoms with Crippen molar-refractivity contribution in [3.8, 4) is 11.3 Å². The highest BCUT2D eigenvalue weighted by molar-refractivity contribution is 5.88. The highest BCUT2D eigenvalue weighted by Gasteiger charge is 2.10. The summed E-state index contributed by atoms with van der Waals surface area (Å²) in [6, 6.07) is 14.7. The molecule has 0 fully saturated rings. The summed E-state index contributed by atoms with van der Waals surface area (Å²) >= 11 is 0. The lowest BCUT2D eigenvalue weighted by molar-refractivity contribution is 1.05. The minimum atomic E-state index is 0.823. The second-order valence-electron chi connectivity index (χ2n) is 4.90. The topological polar surface area (TPSA) is 37.8 Å². The van der Waals surface area contributed by atoms with Gasteiger partial charge in [0.25, 0.3) is 0 Å². The summed E-state index contributed by atoms with van der Waals surface area (Å²) in [5, 5.41) is 5.59. The molecule has 0 bridgehead atoms. The first-order valence-corrected chi connectivity index (χ1v) is 6.71. The van der Waals surface area contributed by atoms with E-state index in [0.29, 0.717) is 0 Å². The van der Waals surface area contributed by atoms with Crippen molar-refractivity contribution in [2.75, 3.05) is 12.4 Å². The van der Waals surface area contributed by atoms with E-state index in [1.54, 1.807) is 0 Å². The molecule has 3 heteroatoms. The van der Waals surface area contributed by atoms with Crippen molar-refractivity contribution in [2.45, 2.75) is 13.8 Å². The Hall–Kier alpha value is -2.42. The number of benzene rings is 2. The fourth-order valence-electron chi connectivity index (χ4n) is 2.32. The third-order valence-electron chi connectivity index (χ3n) is 3.57. The monoisotopic (exact) mass is 263 g/mol. The maximum absolute atomic E-state index is 4.70. The number of hydrogen-bond donors (Lipinski definition) is 1. The molecule has 3 nitrogen and oxygen atoms in total. The van der Waals surface area contributed by atoms with E-state index in [-0.39, 0.29) is 0 Å².